The van der Waals surface area contributed by atoms with E-state index in [0.717, 1.165) is 49.4 Å². The Morgan fingerprint density at radius 3 is 1.28 bits per heavy atom. The molecular formula is C57H69N11O8. The van der Waals surface area contributed by atoms with E-state index in [4.69, 9.17) is 0 Å². The van der Waals surface area contributed by atoms with Crippen molar-refractivity contribution in [3.05, 3.63) is 108 Å². The minimum atomic E-state index is -1.26. The first-order valence-corrected chi connectivity index (χ1v) is 26.6. The predicted molar refractivity (Wildman–Crippen MR) is 287 cm³/mol. The van der Waals surface area contributed by atoms with Crippen molar-refractivity contribution in [2.24, 2.45) is 11.8 Å². The Hall–Kier alpha value is -7.96. The molecule has 3 saturated heterocycles. The Labute approximate surface area is 440 Å². The standard InChI is InChI=1S/C57H69N11O8/c1-31(2)24-46-57(76)68-23-13-21-48(68)54(73)62-43(25-34-28-58-40-17-9-6-14-37(34)40)50(69)61-33(5)56(75)67-22-12-20-47(67)53(72)63-45(27-36-30-60-42-19-11-8-16-39(36)42)52(71)66-49(32(3)4)55(74)64-44(51(70)65-46)26-35-29-59-41-18-10-7-15-38(35)41/h6-11,14-19,28-33,43-49,58-60H,12-13,20-27H2,1-5H3,(H,61,69)(H,62,73)(H,63,72)(H,64,74)(H,65,70)(H,66,71)/t33-,43-,44-,45-,46?,47?,48-,49-/m0/s1. The van der Waals surface area contributed by atoms with Crippen molar-refractivity contribution in [2.45, 2.75) is 134 Å². The molecule has 0 radical (unpaired) electrons. The number of hydrogen-bond donors (Lipinski definition) is 9. The molecule has 3 aromatic heterocycles. The number of carbonyl (C=O) groups excluding carboxylic acids is 8. The molecule has 0 aliphatic carbocycles. The van der Waals surface area contributed by atoms with Crippen LogP contribution in [0.1, 0.15) is 83.4 Å². The Balaban J connectivity index is 1.08. The van der Waals surface area contributed by atoms with Crippen LogP contribution in [0.5, 0.6) is 0 Å². The molecule has 3 aliphatic rings. The first-order valence-electron chi connectivity index (χ1n) is 26.6. The summed E-state index contributed by atoms with van der Waals surface area (Å²) in [5.41, 5.74) is 4.64. The number of para-hydroxylation sites is 3. The second-order valence-electron chi connectivity index (χ2n) is 21.4. The highest BCUT2D eigenvalue weighted by Crippen LogP contribution is 2.26. The number of rotatable bonds is 9. The number of nitrogens with zero attached hydrogens (tertiary/aromatic N) is 2. The van der Waals surface area contributed by atoms with Crippen LogP contribution >= 0.6 is 0 Å². The van der Waals surface area contributed by atoms with Gasteiger partial charge in [-0.25, -0.2) is 0 Å². The summed E-state index contributed by atoms with van der Waals surface area (Å²) in [6, 6.07) is 13.5. The van der Waals surface area contributed by atoms with Crippen molar-refractivity contribution in [1.82, 2.24) is 56.7 Å². The number of benzene rings is 3. The average molecular weight is 1040 g/mol. The molecule has 400 valence electrons. The van der Waals surface area contributed by atoms with Gasteiger partial charge in [0.25, 0.3) is 0 Å². The lowest BCUT2D eigenvalue weighted by Crippen LogP contribution is -2.62. The SMILES string of the molecule is CC(C)CC1NC(=O)[C@H](Cc2c[nH]c3ccccc23)NC(=O)[C@H](C(C)C)NC(=O)[C@H](Cc2c[nH]c3ccccc23)NC(=O)C2CCCN2C(=O)[C@H](C)NC(=O)[C@H](Cc2c[nH]c3ccccc23)NC(=O)[C@@H]2CCCN2C1=O. The number of fused-ring (bicyclic) bond motifs is 5. The molecule has 6 aromatic rings. The molecule has 19 heteroatoms. The Morgan fingerprint density at radius 1 is 0.461 bits per heavy atom. The van der Waals surface area contributed by atoms with Gasteiger partial charge >= 0.3 is 0 Å². The van der Waals surface area contributed by atoms with Crippen LogP contribution in [-0.2, 0) is 57.6 Å². The minimum Gasteiger partial charge on any atom is -0.361 e. The summed E-state index contributed by atoms with van der Waals surface area (Å²) < 4.78 is 0. The van der Waals surface area contributed by atoms with Gasteiger partial charge in [0.2, 0.25) is 47.3 Å². The summed E-state index contributed by atoms with van der Waals surface area (Å²) in [4.78, 5) is 130. The van der Waals surface area contributed by atoms with Gasteiger partial charge in [-0.3, -0.25) is 38.4 Å². The maximum absolute atomic E-state index is 14.9. The lowest BCUT2D eigenvalue weighted by atomic mass is 9.98. The summed E-state index contributed by atoms with van der Waals surface area (Å²) in [5.74, 6) is -5.40. The molecule has 3 fully saturated rings. The topological polar surface area (TPSA) is 263 Å². The van der Waals surface area contributed by atoms with Crippen LogP contribution in [0.15, 0.2) is 91.4 Å². The van der Waals surface area contributed by atoms with E-state index in [1.165, 1.54) is 16.7 Å². The van der Waals surface area contributed by atoms with Crippen molar-refractivity contribution in [1.29, 1.82) is 0 Å². The van der Waals surface area contributed by atoms with Crippen LogP contribution in [0, 0.1) is 11.8 Å². The summed E-state index contributed by atoms with van der Waals surface area (Å²) in [7, 11) is 0. The third-order valence-electron chi connectivity index (χ3n) is 15.2. The van der Waals surface area contributed by atoms with E-state index in [0.29, 0.717) is 19.3 Å². The number of carbonyl (C=O) groups is 8. The van der Waals surface area contributed by atoms with Crippen molar-refractivity contribution < 1.29 is 38.4 Å². The molecule has 76 heavy (non-hydrogen) atoms. The van der Waals surface area contributed by atoms with Crippen molar-refractivity contribution in [2.75, 3.05) is 13.1 Å². The molecule has 0 spiro atoms. The highest BCUT2D eigenvalue weighted by Gasteiger charge is 2.43. The van der Waals surface area contributed by atoms with Crippen LogP contribution < -0.4 is 31.9 Å². The van der Waals surface area contributed by atoms with Crippen molar-refractivity contribution in [3.63, 3.8) is 0 Å². The molecule has 3 aliphatic heterocycles. The van der Waals surface area contributed by atoms with Crippen molar-refractivity contribution in [3.8, 4) is 0 Å². The molecular weight excluding hydrogens is 967 g/mol. The van der Waals surface area contributed by atoms with Gasteiger partial charge in [0.05, 0.1) is 0 Å². The summed E-state index contributed by atoms with van der Waals surface area (Å²) in [5, 5.41) is 20.0. The third kappa shape index (κ3) is 11.5. The summed E-state index contributed by atoms with van der Waals surface area (Å²) in [6.07, 6.45) is 7.08. The lowest BCUT2D eigenvalue weighted by Gasteiger charge is -2.32. The van der Waals surface area contributed by atoms with Crippen LogP contribution in [0.25, 0.3) is 32.7 Å². The van der Waals surface area contributed by atoms with E-state index in [2.05, 4.69) is 46.9 Å². The number of amides is 8. The van der Waals surface area contributed by atoms with Crippen LogP contribution in [-0.4, -0.2) is 133 Å². The summed E-state index contributed by atoms with van der Waals surface area (Å²) in [6.45, 7) is 9.29. The molecule has 19 nitrogen and oxygen atoms in total. The number of nitrogens with one attached hydrogen (secondary N) is 9. The fourth-order valence-electron chi connectivity index (χ4n) is 11.2. The number of aromatic amines is 3. The smallest absolute Gasteiger partial charge is 0.245 e. The second-order valence-corrected chi connectivity index (χ2v) is 21.4. The molecule has 3 aromatic carbocycles. The van der Waals surface area contributed by atoms with E-state index < -0.39 is 102 Å². The van der Waals surface area contributed by atoms with Gasteiger partial charge in [0, 0.05) is 83.7 Å². The third-order valence-corrected chi connectivity index (χ3v) is 15.2. The Morgan fingerprint density at radius 2 is 0.842 bits per heavy atom. The number of H-pyrrole nitrogens is 3. The molecule has 0 saturated carbocycles. The zero-order chi connectivity index (χ0) is 53.8. The zero-order valence-electron chi connectivity index (χ0n) is 43.7. The highest BCUT2D eigenvalue weighted by atomic mass is 16.2. The van der Waals surface area contributed by atoms with Gasteiger partial charge in [-0.15, -0.1) is 0 Å². The second kappa shape index (κ2) is 22.9. The molecule has 6 heterocycles. The summed E-state index contributed by atoms with van der Waals surface area (Å²) >= 11 is 0. The predicted octanol–water partition coefficient (Wildman–Crippen LogP) is 3.78. The van der Waals surface area contributed by atoms with E-state index in [1.807, 2.05) is 86.6 Å². The van der Waals surface area contributed by atoms with Crippen molar-refractivity contribution >= 4 is 80.0 Å². The fourth-order valence-corrected chi connectivity index (χ4v) is 11.2. The van der Waals surface area contributed by atoms with Gasteiger partial charge < -0.3 is 56.7 Å². The quantitative estimate of drug-likeness (QED) is 0.103. The molecule has 9 N–H and O–H groups in total. The minimum absolute atomic E-state index is 0.00599. The van der Waals surface area contributed by atoms with Gasteiger partial charge in [-0.05, 0) is 85.8 Å². The van der Waals surface area contributed by atoms with Crippen LogP contribution in [0.2, 0.25) is 0 Å². The molecule has 8 amide bonds. The average Bonchev–Trinajstić information content (AvgIpc) is 4.28. The van der Waals surface area contributed by atoms with Gasteiger partial charge in [-0.2, -0.15) is 0 Å². The van der Waals surface area contributed by atoms with Crippen LogP contribution in [0.4, 0.5) is 0 Å². The first-order chi connectivity index (χ1) is 36.5. The monoisotopic (exact) mass is 1040 g/mol. The Kier molecular flexibility index (Phi) is 15.9. The van der Waals surface area contributed by atoms with E-state index in [1.54, 1.807) is 32.4 Å². The maximum atomic E-state index is 14.9. The largest absolute Gasteiger partial charge is 0.361 e. The van der Waals surface area contributed by atoms with E-state index in [9.17, 15) is 38.4 Å². The van der Waals surface area contributed by atoms with Crippen LogP contribution in [0.3, 0.4) is 0 Å². The van der Waals surface area contributed by atoms with Gasteiger partial charge in [0.1, 0.15) is 48.3 Å². The normalized spacial score (nSPS) is 25.0. The van der Waals surface area contributed by atoms with E-state index in [-0.39, 0.29) is 51.1 Å². The Bertz CT molecular complexity index is 3160. The fraction of sp³-hybridized carbons (Fsp3) is 0.439. The molecule has 2 unspecified atom stereocenters. The number of aromatic nitrogens is 3. The lowest BCUT2D eigenvalue weighted by molar-refractivity contribution is -0.143. The highest BCUT2D eigenvalue weighted by molar-refractivity contribution is 6.00. The van der Waals surface area contributed by atoms with Gasteiger partial charge in [-0.1, -0.05) is 82.3 Å². The first kappa shape index (κ1) is 52.9. The zero-order valence-corrected chi connectivity index (χ0v) is 43.7. The molecule has 0 bridgehead atoms. The number of hydrogen-bond acceptors (Lipinski definition) is 8. The van der Waals surface area contributed by atoms with E-state index >= 15 is 0 Å². The molecule has 9 rings (SSSR count). The molecule has 8 atom stereocenters. The maximum Gasteiger partial charge on any atom is 0.245 e. The van der Waals surface area contributed by atoms with Gasteiger partial charge in [0.15, 0.2) is 0 Å².